The van der Waals surface area contributed by atoms with E-state index in [0.717, 1.165) is 6.33 Å². The molecule has 1 fully saturated rings. The van der Waals surface area contributed by atoms with Gasteiger partial charge in [0.2, 0.25) is 17.5 Å². The van der Waals surface area contributed by atoms with Gasteiger partial charge in [-0.2, -0.15) is 13.2 Å². The van der Waals surface area contributed by atoms with Crippen LogP contribution in [0.2, 0.25) is 0 Å². The molecule has 0 aromatic carbocycles. The van der Waals surface area contributed by atoms with Gasteiger partial charge < -0.3 is 18.9 Å². The second-order valence-electron chi connectivity index (χ2n) is 5.56. The number of aromatic nitrogens is 3. The molecule has 2 aromatic rings. The van der Waals surface area contributed by atoms with Crippen molar-refractivity contribution >= 4 is 22.4 Å². The number of carbonyl (C=O) groups is 1. The summed E-state index contributed by atoms with van der Waals surface area (Å²) >= 11 is 0.597. The van der Waals surface area contributed by atoms with Crippen LogP contribution in [-0.4, -0.2) is 48.3 Å². The molecule has 1 N–H and O–H groups in total. The molecule has 0 radical (unpaired) electrons. The number of halogens is 3. The van der Waals surface area contributed by atoms with Gasteiger partial charge >= 0.3 is 6.18 Å². The molecule has 28 heavy (non-hydrogen) atoms. The van der Waals surface area contributed by atoms with Crippen LogP contribution in [0.15, 0.2) is 6.33 Å². The van der Waals surface area contributed by atoms with Crippen LogP contribution in [-0.2, 0) is 21.4 Å². The van der Waals surface area contributed by atoms with E-state index in [1.807, 2.05) is 0 Å². The summed E-state index contributed by atoms with van der Waals surface area (Å²) in [5.74, 6) is -2.66. The zero-order chi connectivity index (χ0) is 20.5. The number of carbonyl (C=O) groups excluding carboxylic acids is 1. The van der Waals surface area contributed by atoms with Gasteiger partial charge in [0.05, 0.1) is 32.3 Å². The summed E-state index contributed by atoms with van der Waals surface area (Å²) in [5.41, 5.74) is -1.38. The van der Waals surface area contributed by atoms with Crippen LogP contribution >= 0.6 is 11.3 Å². The zero-order valence-corrected chi connectivity index (χ0v) is 15.7. The van der Waals surface area contributed by atoms with Gasteiger partial charge in [-0.3, -0.25) is 10.1 Å². The first-order chi connectivity index (χ1) is 13.2. The predicted octanol–water partition coefficient (Wildman–Crippen LogP) is 2.44. The lowest BCUT2D eigenvalue weighted by molar-refractivity contribution is -0.166. The topological polar surface area (TPSA) is 105 Å². The largest absolute Gasteiger partial charge is 0.480 e. The van der Waals surface area contributed by atoms with Crippen LogP contribution in [0.25, 0.3) is 0 Å². The highest BCUT2D eigenvalue weighted by molar-refractivity contribution is 7.16. The molecule has 1 saturated heterocycles. The number of alkyl halides is 3. The van der Waals surface area contributed by atoms with Crippen molar-refractivity contribution in [3.63, 3.8) is 0 Å². The number of methoxy groups -OCH3 is 2. The number of amides is 1. The molecule has 0 atom stereocenters. The van der Waals surface area contributed by atoms with Crippen LogP contribution in [0.5, 0.6) is 11.8 Å². The minimum Gasteiger partial charge on any atom is -0.480 e. The molecule has 13 heteroatoms. The van der Waals surface area contributed by atoms with E-state index in [0.29, 0.717) is 11.3 Å². The number of ether oxygens (including phenoxy) is 4. The fourth-order valence-corrected chi connectivity index (χ4v) is 3.57. The Morgan fingerprint density at radius 3 is 2.29 bits per heavy atom. The van der Waals surface area contributed by atoms with Crippen LogP contribution in [0.4, 0.5) is 18.3 Å². The van der Waals surface area contributed by atoms with Crippen molar-refractivity contribution in [2.24, 2.45) is 0 Å². The van der Waals surface area contributed by atoms with E-state index >= 15 is 0 Å². The summed E-state index contributed by atoms with van der Waals surface area (Å²) in [5, 5.41) is 1.99. The van der Waals surface area contributed by atoms with E-state index in [1.165, 1.54) is 21.1 Å². The normalized spacial score (nSPS) is 16.1. The molecule has 1 amide bonds. The first kappa shape index (κ1) is 20.2. The van der Waals surface area contributed by atoms with Crippen LogP contribution in [0.3, 0.4) is 0 Å². The van der Waals surface area contributed by atoms with Gasteiger partial charge in [-0.25, -0.2) is 15.0 Å². The summed E-state index contributed by atoms with van der Waals surface area (Å²) in [6, 6.07) is 0. The van der Waals surface area contributed by atoms with Crippen molar-refractivity contribution in [3.05, 3.63) is 22.5 Å². The average Bonchev–Trinajstić information content (AvgIpc) is 3.28. The van der Waals surface area contributed by atoms with Gasteiger partial charge in [-0.1, -0.05) is 11.3 Å². The lowest BCUT2D eigenvalue weighted by Gasteiger charge is -2.22. The fourth-order valence-electron chi connectivity index (χ4n) is 2.54. The van der Waals surface area contributed by atoms with Crippen molar-refractivity contribution in [1.82, 2.24) is 15.0 Å². The average molecular weight is 420 g/mol. The molecule has 152 valence electrons. The minimum atomic E-state index is -4.77. The molecular weight excluding hydrogens is 405 g/mol. The molecule has 2 aromatic heterocycles. The second-order valence-corrected chi connectivity index (χ2v) is 6.56. The smallest absolute Gasteiger partial charge is 0.434 e. The third kappa shape index (κ3) is 3.72. The maximum atomic E-state index is 13.4. The Morgan fingerprint density at radius 1 is 1.21 bits per heavy atom. The molecule has 1 aliphatic heterocycles. The van der Waals surface area contributed by atoms with Crippen molar-refractivity contribution in [3.8, 4) is 11.8 Å². The van der Waals surface area contributed by atoms with Gasteiger partial charge in [-0.15, -0.1) is 0 Å². The number of hydrogen-bond acceptors (Lipinski definition) is 9. The van der Waals surface area contributed by atoms with E-state index in [-0.39, 0.29) is 40.5 Å². The Bertz CT molecular complexity index is 861. The van der Waals surface area contributed by atoms with Crippen molar-refractivity contribution in [2.45, 2.75) is 18.9 Å². The van der Waals surface area contributed by atoms with E-state index in [9.17, 15) is 18.0 Å². The van der Waals surface area contributed by atoms with Gasteiger partial charge in [0, 0.05) is 0 Å². The molecule has 3 heterocycles. The maximum Gasteiger partial charge on any atom is 0.434 e. The zero-order valence-electron chi connectivity index (χ0n) is 14.9. The standard InChI is InChI=1S/C15H15F3N4O5S/c1-14(26-4-5-27-14)9-8(15(16,17)18)21-13(28-9)22-10(23)7-11(24-2)19-6-20-12(7)25-3/h6H,4-5H2,1-3H3,(H,21,22,23). The summed E-state index contributed by atoms with van der Waals surface area (Å²) in [7, 11) is 2.55. The lowest BCUT2D eigenvalue weighted by Crippen LogP contribution is -2.25. The first-order valence-electron chi connectivity index (χ1n) is 7.80. The van der Waals surface area contributed by atoms with Crippen LogP contribution in [0.1, 0.15) is 27.9 Å². The van der Waals surface area contributed by atoms with Crippen molar-refractivity contribution in [1.29, 1.82) is 0 Å². The predicted molar refractivity (Wildman–Crippen MR) is 89.5 cm³/mol. The molecular formula is C15H15F3N4O5S. The fraction of sp³-hybridized carbons (Fsp3) is 0.467. The Morgan fingerprint density at radius 2 is 1.79 bits per heavy atom. The quantitative estimate of drug-likeness (QED) is 0.787. The molecule has 0 bridgehead atoms. The highest BCUT2D eigenvalue weighted by atomic mass is 32.1. The van der Waals surface area contributed by atoms with Crippen LogP contribution in [0, 0.1) is 0 Å². The van der Waals surface area contributed by atoms with E-state index in [4.69, 9.17) is 18.9 Å². The number of thiazole rings is 1. The Kier molecular flexibility index (Phi) is 5.41. The van der Waals surface area contributed by atoms with Gasteiger partial charge in [0.1, 0.15) is 6.33 Å². The lowest BCUT2D eigenvalue weighted by atomic mass is 10.2. The Labute approximate surface area is 160 Å². The molecule has 1 aliphatic rings. The summed E-state index contributed by atoms with van der Waals surface area (Å²) < 4.78 is 61.0. The van der Waals surface area contributed by atoms with Crippen molar-refractivity contribution < 1.29 is 36.9 Å². The molecule has 9 nitrogen and oxygen atoms in total. The SMILES string of the molecule is COc1ncnc(OC)c1C(=O)Nc1nc(C(F)(F)F)c(C2(C)OCCO2)s1. The number of anilines is 1. The highest BCUT2D eigenvalue weighted by Gasteiger charge is 2.46. The molecule has 0 unspecified atom stereocenters. The van der Waals surface area contributed by atoms with Gasteiger partial charge in [-0.05, 0) is 6.92 Å². The third-order valence-electron chi connectivity index (χ3n) is 3.76. The highest BCUT2D eigenvalue weighted by Crippen LogP contribution is 2.44. The summed E-state index contributed by atoms with van der Waals surface area (Å²) in [6.07, 6.45) is -3.65. The van der Waals surface area contributed by atoms with Crippen LogP contribution < -0.4 is 14.8 Å². The number of rotatable bonds is 5. The third-order valence-corrected chi connectivity index (χ3v) is 4.91. The van der Waals surface area contributed by atoms with E-state index in [2.05, 4.69) is 20.3 Å². The maximum absolute atomic E-state index is 13.4. The first-order valence-corrected chi connectivity index (χ1v) is 8.62. The van der Waals surface area contributed by atoms with E-state index in [1.54, 1.807) is 0 Å². The summed E-state index contributed by atoms with van der Waals surface area (Å²) in [4.78, 5) is 23.4. The second kappa shape index (κ2) is 7.48. The Hall–Kier alpha value is -2.51. The molecule has 0 saturated carbocycles. The number of nitrogens with zero attached hydrogens (tertiary/aromatic N) is 3. The van der Waals surface area contributed by atoms with Gasteiger partial charge in [0.25, 0.3) is 5.91 Å². The summed E-state index contributed by atoms with van der Waals surface area (Å²) in [6.45, 7) is 1.65. The number of hydrogen-bond donors (Lipinski definition) is 1. The monoisotopic (exact) mass is 420 g/mol. The molecule has 0 spiro atoms. The number of nitrogens with one attached hydrogen (secondary N) is 1. The van der Waals surface area contributed by atoms with Gasteiger partial charge in [0.15, 0.2) is 16.4 Å². The van der Waals surface area contributed by atoms with Crippen molar-refractivity contribution in [2.75, 3.05) is 32.8 Å². The minimum absolute atomic E-state index is 0.105. The molecule has 0 aliphatic carbocycles. The van der Waals surface area contributed by atoms with E-state index < -0.39 is 23.6 Å². The molecule has 3 rings (SSSR count). The Balaban J connectivity index is 1.98.